The van der Waals surface area contributed by atoms with Crippen molar-refractivity contribution < 1.29 is 22.2 Å². The van der Waals surface area contributed by atoms with Crippen molar-refractivity contribution in [2.45, 2.75) is 50.8 Å². The van der Waals surface area contributed by atoms with Crippen LogP contribution >= 0.6 is 0 Å². The van der Waals surface area contributed by atoms with E-state index < -0.39 is 38.0 Å². The molecule has 11 heteroatoms. The maximum absolute atomic E-state index is 13.7. The number of sulfonamides is 1. The van der Waals surface area contributed by atoms with Crippen LogP contribution < -0.4 is 15.0 Å². The molecular formula is C27H30FN3O5S2. The van der Waals surface area contributed by atoms with Gasteiger partial charge in [-0.3, -0.25) is 9.59 Å². The van der Waals surface area contributed by atoms with Crippen LogP contribution in [-0.2, 0) is 40.7 Å². The van der Waals surface area contributed by atoms with Crippen molar-refractivity contribution in [2.75, 3.05) is 0 Å². The molecule has 0 fully saturated rings. The number of carbonyl (C=O) groups is 1. The summed E-state index contributed by atoms with van der Waals surface area (Å²) in [6, 6.07) is 9.38. The van der Waals surface area contributed by atoms with Crippen molar-refractivity contribution in [3.05, 3.63) is 92.6 Å². The summed E-state index contributed by atoms with van der Waals surface area (Å²) in [5.74, 6) is -1.12. The van der Waals surface area contributed by atoms with Crippen molar-refractivity contribution in [3.8, 4) is 11.1 Å². The normalized spacial score (nSPS) is 16.5. The molecule has 0 saturated heterocycles. The summed E-state index contributed by atoms with van der Waals surface area (Å²) in [4.78, 5) is 26.4. The summed E-state index contributed by atoms with van der Waals surface area (Å²) in [6.45, 7) is 7.28. The largest absolute Gasteiger partial charge is 0.598 e. The molecule has 0 amide bonds. The molecule has 1 aromatic heterocycles. The third kappa shape index (κ3) is 5.92. The average Bonchev–Trinajstić information content (AvgIpc) is 2.83. The second-order valence-electron chi connectivity index (χ2n) is 10.4. The van der Waals surface area contributed by atoms with Crippen LogP contribution in [0.25, 0.3) is 11.1 Å². The van der Waals surface area contributed by atoms with Gasteiger partial charge < -0.3 is 9.12 Å². The first-order chi connectivity index (χ1) is 17.7. The van der Waals surface area contributed by atoms with E-state index in [1.165, 1.54) is 34.9 Å². The van der Waals surface area contributed by atoms with Gasteiger partial charge in [-0.2, -0.15) is 0 Å². The molecule has 0 spiro atoms. The predicted octanol–water partition coefficient (Wildman–Crippen LogP) is 3.47. The molecule has 1 aliphatic rings. The molecule has 0 saturated carbocycles. The molecule has 0 radical (unpaired) electrons. The Morgan fingerprint density at radius 1 is 1.13 bits per heavy atom. The molecule has 2 unspecified atom stereocenters. The number of halogens is 1. The highest BCUT2D eigenvalue weighted by molar-refractivity contribution is 7.90. The van der Waals surface area contributed by atoms with E-state index >= 15 is 0 Å². The van der Waals surface area contributed by atoms with E-state index in [0.717, 1.165) is 0 Å². The number of ketones is 1. The van der Waals surface area contributed by atoms with Crippen molar-refractivity contribution in [2.24, 2.45) is 7.05 Å². The standard InChI is InChI=1S/C27H30FN3O5S2/c1-16(30-37(34)27(2,3)4)21-12-25(32)31(5)14-24(21)22-11-19-15-38(35,36)29-13-18(19)10-23(22)26(33)17-6-8-20(28)9-7-17/h6-12,14,16,29-30H,13,15H2,1-5H3. The number of benzene rings is 2. The highest BCUT2D eigenvalue weighted by atomic mass is 32.2. The molecule has 38 heavy (non-hydrogen) atoms. The number of nitrogens with zero attached hydrogens (tertiary/aromatic N) is 1. The summed E-state index contributed by atoms with van der Waals surface area (Å²) >= 11 is -1.45. The number of rotatable bonds is 6. The van der Waals surface area contributed by atoms with Crippen LogP contribution in [-0.4, -0.2) is 28.1 Å². The van der Waals surface area contributed by atoms with Gasteiger partial charge in [0.15, 0.2) is 5.78 Å². The molecule has 202 valence electrons. The van der Waals surface area contributed by atoms with Crippen LogP contribution in [0.15, 0.2) is 53.5 Å². The van der Waals surface area contributed by atoms with E-state index in [2.05, 4.69) is 9.44 Å². The van der Waals surface area contributed by atoms with E-state index in [4.69, 9.17) is 0 Å². The van der Waals surface area contributed by atoms with E-state index in [1.807, 2.05) is 20.8 Å². The van der Waals surface area contributed by atoms with Gasteiger partial charge in [-0.25, -0.2) is 17.5 Å². The Kier molecular flexibility index (Phi) is 7.70. The van der Waals surface area contributed by atoms with Gasteiger partial charge in [0.05, 0.1) is 11.8 Å². The lowest BCUT2D eigenvalue weighted by molar-refractivity contribution is 0.103. The van der Waals surface area contributed by atoms with Gasteiger partial charge >= 0.3 is 0 Å². The van der Waals surface area contributed by atoms with E-state index in [0.29, 0.717) is 27.8 Å². The van der Waals surface area contributed by atoms with Gasteiger partial charge in [-0.15, -0.1) is 4.72 Å². The third-order valence-corrected chi connectivity index (χ3v) is 9.33. The van der Waals surface area contributed by atoms with Gasteiger partial charge in [0.2, 0.25) is 10.0 Å². The maximum Gasteiger partial charge on any atom is 0.250 e. The minimum absolute atomic E-state index is 0.0320. The van der Waals surface area contributed by atoms with Crippen molar-refractivity contribution in [1.29, 1.82) is 0 Å². The Balaban J connectivity index is 1.95. The number of carbonyl (C=O) groups excluding carboxylic acids is 1. The zero-order valence-electron chi connectivity index (χ0n) is 21.8. The number of nitrogens with one attached hydrogen (secondary N) is 2. The van der Waals surface area contributed by atoms with Crippen LogP contribution in [0.4, 0.5) is 4.39 Å². The first-order valence-corrected chi connectivity index (χ1v) is 14.8. The number of hydrogen-bond acceptors (Lipinski definition) is 6. The molecule has 2 heterocycles. The quantitative estimate of drug-likeness (QED) is 0.353. The topological polar surface area (TPSA) is 120 Å². The molecule has 2 aromatic carbocycles. The summed E-state index contributed by atoms with van der Waals surface area (Å²) in [5.41, 5.74) is 2.88. The average molecular weight is 560 g/mol. The Labute approximate surface area is 224 Å². The molecule has 2 atom stereocenters. The van der Waals surface area contributed by atoms with E-state index in [9.17, 15) is 27.0 Å². The lowest BCUT2D eigenvalue weighted by Crippen LogP contribution is -2.41. The summed E-state index contributed by atoms with van der Waals surface area (Å²) in [5, 5.41) is 0. The SMILES string of the molecule is CC(N[S+]([O-])C(C)(C)C)c1cc(=O)n(C)cc1-c1cc2c(cc1C(=O)c1ccc(F)cc1)CNS(=O)(=O)C2. The van der Waals surface area contributed by atoms with Crippen molar-refractivity contribution >= 4 is 27.2 Å². The molecular weight excluding hydrogens is 529 g/mol. The van der Waals surface area contributed by atoms with Crippen LogP contribution in [0.1, 0.15) is 66.3 Å². The molecule has 1 aliphatic heterocycles. The van der Waals surface area contributed by atoms with E-state index in [1.54, 1.807) is 32.3 Å². The fourth-order valence-corrected chi connectivity index (χ4v) is 6.18. The minimum atomic E-state index is -3.54. The van der Waals surface area contributed by atoms with Crippen LogP contribution in [0, 0.1) is 5.82 Å². The Morgan fingerprint density at radius 2 is 1.79 bits per heavy atom. The first kappa shape index (κ1) is 28.2. The molecule has 2 N–H and O–H groups in total. The lowest BCUT2D eigenvalue weighted by atomic mass is 9.87. The summed E-state index contributed by atoms with van der Waals surface area (Å²) < 4.78 is 57.4. The second-order valence-corrected chi connectivity index (χ2v) is 14.2. The van der Waals surface area contributed by atoms with Crippen LogP contribution in [0.5, 0.6) is 0 Å². The number of pyridine rings is 1. The number of hydrogen-bond donors (Lipinski definition) is 2. The Morgan fingerprint density at radius 3 is 2.42 bits per heavy atom. The monoisotopic (exact) mass is 559 g/mol. The fraction of sp³-hybridized carbons (Fsp3) is 0.333. The van der Waals surface area contributed by atoms with Gasteiger partial charge in [0.25, 0.3) is 5.56 Å². The summed E-state index contributed by atoms with van der Waals surface area (Å²) in [6.07, 6.45) is 1.59. The fourth-order valence-electron chi connectivity index (χ4n) is 4.23. The maximum atomic E-state index is 13.7. The smallest absolute Gasteiger partial charge is 0.250 e. The molecule has 4 rings (SSSR count). The van der Waals surface area contributed by atoms with Crippen LogP contribution in [0.2, 0.25) is 0 Å². The van der Waals surface area contributed by atoms with Gasteiger partial charge in [-0.05, 0) is 86.3 Å². The summed E-state index contributed by atoms with van der Waals surface area (Å²) in [7, 11) is -1.96. The first-order valence-electron chi connectivity index (χ1n) is 12.0. The zero-order valence-corrected chi connectivity index (χ0v) is 23.4. The number of fused-ring (bicyclic) bond motifs is 1. The van der Waals surface area contributed by atoms with Crippen molar-refractivity contribution in [1.82, 2.24) is 14.0 Å². The minimum Gasteiger partial charge on any atom is -0.598 e. The van der Waals surface area contributed by atoms with Crippen molar-refractivity contribution in [3.63, 3.8) is 0 Å². The Hall–Kier alpha value is -2.83. The predicted molar refractivity (Wildman–Crippen MR) is 146 cm³/mol. The molecule has 3 aromatic rings. The molecule has 0 bridgehead atoms. The van der Waals surface area contributed by atoms with Gasteiger partial charge in [0, 0.05) is 53.9 Å². The highest BCUT2D eigenvalue weighted by Crippen LogP contribution is 2.35. The lowest BCUT2D eigenvalue weighted by Gasteiger charge is -2.28. The third-order valence-electron chi connectivity index (χ3n) is 6.38. The second kappa shape index (κ2) is 10.4. The van der Waals surface area contributed by atoms with E-state index in [-0.39, 0.29) is 34.8 Å². The highest BCUT2D eigenvalue weighted by Gasteiger charge is 2.31. The van der Waals surface area contributed by atoms with Gasteiger partial charge in [-0.1, -0.05) is 0 Å². The Bertz CT molecular complexity index is 1560. The molecule has 8 nitrogen and oxygen atoms in total. The number of aromatic nitrogens is 1. The van der Waals surface area contributed by atoms with Crippen LogP contribution in [0.3, 0.4) is 0 Å². The van der Waals surface area contributed by atoms with Gasteiger partial charge in [0.1, 0.15) is 10.6 Å². The zero-order chi connectivity index (χ0) is 28.0. The molecule has 0 aliphatic carbocycles. The number of aryl methyl sites for hydroxylation is 1.